The summed E-state index contributed by atoms with van der Waals surface area (Å²) in [6.45, 7) is 4.47. The summed E-state index contributed by atoms with van der Waals surface area (Å²) in [4.78, 5) is 13.1. The number of rotatable bonds is 5. The number of aromatic nitrogens is 2. The maximum atomic E-state index is 12.2. The van der Waals surface area contributed by atoms with Crippen molar-refractivity contribution in [2.45, 2.75) is 30.8 Å². The average molecular weight is 302 g/mol. The molecule has 0 bridgehead atoms. The molecule has 2 rings (SSSR count). The first-order valence-corrected chi connectivity index (χ1v) is 7.93. The van der Waals surface area contributed by atoms with Crippen molar-refractivity contribution in [3.8, 4) is 0 Å². The molecule has 1 aliphatic heterocycles. The molecule has 2 heterocycles. The summed E-state index contributed by atoms with van der Waals surface area (Å²) in [6, 6.07) is -0.210. The standard InChI is InChI=1S/C11H18N4O4S/c1-2-15-5-3-4-8(7-15)14-20(18,19)10-9(11(16)17)6-12-13-10/h6,8,14H,2-5,7H2,1H3,(H,12,13)(H,16,17). The third kappa shape index (κ3) is 3.17. The molecule has 8 nitrogen and oxygen atoms in total. The number of carboxylic acid groups (broad SMARTS) is 1. The third-order valence-corrected chi connectivity index (χ3v) is 4.87. The molecule has 1 aliphatic rings. The van der Waals surface area contributed by atoms with E-state index in [0.29, 0.717) is 6.54 Å². The average Bonchev–Trinajstić information content (AvgIpc) is 2.88. The van der Waals surface area contributed by atoms with E-state index >= 15 is 0 Å². The van der Waals surface area contributed by atoms with E-state index in [9.17, 15) is 13.2 Å². The van der Waals surface area contributed by atoms with Crippen LogP contribution in [0.1, 0.15) is 30.1 Å². The molecule has 1 fully saturated rings. The number of sulfonamides is 1. The Morgan fingerprint density at radius 3 is 3.05 bits per heavy atom. The minimum absolute atomic E-state index is 0.210. The number of hydrogen-bond acceptors (Lipinski definition) is 5. The maximum absolute atomic E-state index is 12.2. The Bertz CT molecular complexity index is 583. The van der Waals surface area contributed by atoms with Crippen molar-refractivity contribution in [3.05, 3.63) is 11.8 Å². The number of piperidine rings is 1. The molecule has 1 atom stereocenters. The van der Waals surface area contributed by atoms with Gasteiger partial charge >= 0.3 is 5.97 Å². The van der Waals surface area contributed by atoms with Crippen LogP contribution in [0.2, 0.25) is 0 Å². The van der Waals surface area contributed by atoms with Gasteiger partial charge < -0.3 is 10.0 Å². The number of likely N-dealkylation sites (N-methyl/N-ethyl adjacent to an activating group) is 1. The molecule has 0 radical (unpaired) electrons. The van der Waals surface area contributed by atoms with Crippen LogP contribution in [0, 0.1) is 0 Å². The number of aromatic carboxylic acids is 1. The predicted molar refractivity (Wildman–Crippen MR) is 71.0 cm³/mol. The molecule has 1 aromatic heterocycles. The molecule has 1 saturated heterocycles. The smallest absolute Gasteiger partial charge is 0.340 e. The Labute approximate surface area is 117 Å². The predicted octanol–water partition coefficient (Wildman–Crippen LogP) is -0.129. The number of carboxylic acids is 1. The van der Waals surface area contributed by atoms with E-state index in [1.807, 2.05) is 6.92 Å². The summed E-state index contributed by atoms with van der Waals surface area (Å²) < 4.78 is 27.0. The van der Waals surface area contributed by atoms with Crippen LogP contribution in [-0.2, 0) is 10.0 Å². The number of nitrogens with zero attached hydrogens (tertiary/aromatic N) is 2. The SMILES string of the molecule is CCN1CCCC(NS(=O)(=O)c2[nH]ncc2C(=O)O)C1. The Morgan fingerprint density at radius 1 is 1.65 bits per heavy atom. The lowest BCUT2D eigenvalue weighted by molar-refractivity contribution is 0.0692. The summed E-state index contributed by atoms with van der Waals surface area (Å²) in [5, 5.41) is 14.3. The van der Waals surface area contributed by atoms with Crippen molar-refractivity contribution in [1.82, 2.24) is 19.8 Å². The first kappa shape index (κ1) is 14.9. The van der Waals surface area contributed by atoms with Gasteiger partial charge in [0.05, 0.1) is 6.20 Å². The molecule has 0 saturated carbocycles. The zero-order valence-corrected chi connectivity index (χ0v) is 12.0. The first-order valence-electron chi connectivity index (χ1n) is 6.45. The van der Waals surface area contributed by atoms with E-state index in [0.717, 1.165) is 32.1 Å². The number of aromatic amines is 1. The van der Waals surface area contributed by atoms with Crippen LogP contribution < -0.4 is 4.72 Å². The van der Waals surface area contributed by atoms with Gasteiger partial charge in [-0.15, -0.1) is 0 Å². The van der Waals surface area contributed by atoms with Crippen LogP contribution >= 0.6 is 0 Å². The van der Waals surface area contributed by atoms with Crippen LogP contribution in [-0.4, -0.2) is 60.3 Å². The van der Waals surface area contributed by atoms with E-state index in [-0.39, 0.29) is 11.6 Å². The fourth-order valence-electron chi connectivity index (χ4n) is 2.35. The Morgan fingerprint density at radius 2 is 2.40 bits per heavy atom. The monoisotopic (exact) mass is 302 g/mol. The number of likely N-dealkylation sites (tertiary alicyclic amines) is 1. The number of hydrogen-bond donors (Lipinski definition) is 3. The van der Waals surface area contributed by atoms with Crippen molar-refractivity contribution in [1.29, 1.82) is 0 Å². The van der Waals surface area contributed by atoms with Crippen molar-refractivity contribution < 1.29 is 18.3 Å². The van der Waals surface area contributed by atoms with E-state index in [2.05, 4.69) is 19.8 Å². The van der Waals surface area contributed by atoms with Crippen molar-refractivity contribution in [3.63, 3.8) is 0 Å². The van der Waals surface area contributed by atoms with Gasteiger partial charge in [-0.3, -0.25) is 5.10 Å². The Hall–Kier alpha value is -1.45. The summed E-state index contributed by atoms with van der Waals surface area (Å²) in [5.41, 5.74) is -0.347. The van der Waals surface area contributed by atoms with Gasteiger partial charge in [0.2, 0.25) is 0 Å². The molecule has 0 spiro atoms. The minimum Gasteiger partial charge on any atom is -0.478 e. The highest BCUT2D eigenvalue weighted by Crippen LogP contribution is 2.15. The maximum Gasteiger partial charge on any atom is 0.340 e. The minimum atomic E-state index is -3.90. The fourth-order valence-corrected chi connectivity index (χ4v) is 3.70. The number of nitrogens with one attached hydrogen (secondary N) is 2. The normalized spacial score (nSPS) is 20.9. The second-order valence-corrected chi connectivity index (χ2v) is 6.42. The topological polar surface area (TPSA) is 115 Å². The van der Waals surface area contributed by atoms with E-state index in [1.165, 1.54) is 0 Å². The third-order valence-electron chi connectivity index (χ3n) is 3.38. The molecule has 1 unspecified atom stereocenters. The molecule has 112 valence electrons. The number of H-pyrrole nitrogens is 1. The zero-order chi connectivity index (χ0) is 14.8. The zero-order valence-electron chi connectivity index (χ0n) is 11.2. The van der Waals surface area contributed by atoms with Gasteiger partial charge in [-0.1, -0.05) is 6.92 Å². The van der Waals surface area contributed by atoms with Crippen molar-refractivity contribution in [2.75, 3.05) is 19.6 Å². The lowest BCUT2D eigenvalue weighted by Crippen LogP contribution is -2.47. The molecule has 0 amide bonds. The van der Waals surface area contributed by atoms with Gasteiger partial charge in [-0.2, -0.15) is 5.10 Å². The van der Waals surface area contributed by atoms with E-state index in [1.54, 1.807) is 0 Å². The summed E-state index contributed by atoms with van der Waals surface area (Å²) in [6.07, 6.45) is 2.65. The Balaban J connectivity index is 2.15. The van der Waals surface area contributed by atoms with Crippen molar-refractivity contribution in [2.24, 2.45) is 0 Å². The molecule has 3 N–H and O–H groups in total. The highest BCUT2D eigenvalue weighted by Gasteiger charge is 2.29. The van der Waals surface area contributed by atoms with Gasteiger partial charge in [-0.05, 0) is 25.9 Å². The van der Waals surface area contributed by atoms with Gasteiger partial charge in [0.25, 0.3) is 10.0 Å². The van der Waals surface area contributed by atoms with Crippen LogP contribution in [0.25, 0.3) is 0 Å². The largest absolute Gasteiger partial charge is 0.478 e. The van der Waals surface area contributed by atoms with Gasteiger partial charge in [0, 0.05) is 12.6 Å². The lowest BCUT2D eigenvalue weighted by Gasteiger charge is -2.31. The van der Waals surface area contributed by atoms with Crippen LogP contribution in [0.5, 0.6) is 0 Å². The highest BCUT2D eigenvalue weighted by molar-refractivity contribution is 7.89. The molecule has 0 aliphatic carbocycles. The first-order chi connectivity index (χ1) is 9.44. The second-order valence-electron chi connectivity index (χ2n) is 4.77. The molecular formula is C11H18N4O4S. The lowest BCUT2D eigenvalue weighted by atomic mass is 10.1. The molecule has 20 heavy (non-hydrogen) atoms. The summed E-state index contributed by atoms with van der Waals surface area (Å²) in [5.74, 6) is -1.32. The van der Waals surface area contributed by atoms with Crippen LogP contribution in [0.4, 0.5) is 0 Å². The highest BCUT2D eigenvalue weighted by atomic mass is 32.2. The van der Waals surface area contributed by atoms with Gasteiger partial charge in [-0.25, -0.2) is 17.9 Å². The number of carbonyl (C=O) groups is 1. The van der Waals surface area contributed by atoms with Crippen molar-refractivity contribution >= 4 is 16.0 Å². The molecular weight excluding hydrogens is 284 g/mol. The molecule has 9 heteroatoms. The summed E-state index contributed by atoms with van der Waals surface area (Å²) in [7, 11) is -3.90. The second kappa shape index (κ2) is 5.90. The summed E-state index contributed by atoms with van der Waals surface area (Å²) >= 11 is 0. The quantitative estimate of drug-likeness (QED) is 0.698. The Kier molecular flexibility index (Phi) is 4.41. The van der Waals surface area contributed by atoms with Crippen LogP contribution in [0.15, 0.2) is 11.2 Å². The fraction of sp³-hybridized carbons (Fsp3) is 0.636. The molecule has 1 aromatic rings. The van der Waals surface area contributed by atoms with Gasteiger partial charge in [0.15, 0.2) is 5.03 Å². The van der Waals surface area contributed by atoms with E-state index in [4.69, 9.17) is 5.11 Å². The molecule has 0 aromatic carbocycles. The van der Waals surface area contributed by atoms with Crippen LogP contribution in [0.3, 0.4) is 0 Å². The van der Waals surface area contributed by atoms with E-state index < -0.39 is 21.0 Å². The van der Waals surface area contributed by atoms with Gasteiger partial charge in [0.1, 0.15) is 5.56 Å².